The summed E-state index contributed by atoms with van der Waals surface area (Å²) < 4.78 is 10.1. The molecule has 1 aromatic carbocycles. The zero-order valence-electron chi connectivity index (χ0n) is 17.7. The van der Waals surface area contributed by atoms with Crippen molar-refractivity contribution in [3.8, 4) is 0 Å². The van der Waals surface area contributed by atoms with E-state index in [2.05, 4.69) is 39.9 Å². The van der Waals surface area contributed by atoms with E-state index in [4.69, 9.17) is 14.5 Å². The van der Waals surface area contributed by atoms with Crippen molar-refractivity contribution in [1.82, 2.24) is 5.32 Å². The van der Waals surface area contributed by atoms with Gasteiger partial charge < -0.3 is 14.8 Å². The Morgan fingerprint density at radius 2 is 1.89 bits per heavy atom. The maximum absolute atomic E-state index is 12.2. The molecule has 1 atom stereocenters. The fourth-order valence-corrected chi connectivity index (χ4v) is 3.80. The molecule has 27 heavy (non-hydrogen) atoms. The van der Waals surface area contributed by atoms with Gasteiger partial charge in [-0.25, -0.2) is 4.79 Å². The molecule has 152 valence electrons. The highest BCUT2D eigenvalue weighted by Gasteiger charge is 2.23. The van der Waals surface area contributed by atoms with Gasteiger partial charge in [0.2, 0.25) is 0 Å². The Morgan fingerprint density at radius 1 is 1.22 bits per heavy atom. The van der Waals surface area contributed by atoms with E-state index in [1.54, 1.807) is 13.2 Å². The standard InChI is InChI=1S/C21H34N2O3S/c1-15(2)14-17(22-12-13-25-6)19(23-21(3,4)5)27-18-11-9-8-10-16(18)20(24)26-7/h8-11,15,17,22H,12-14H2,1-7H3. The third-order valence-corrected chi connectivity index (χ3v) is 4.82. The molecule has 0 aliphatic rings. The molecule has 1 N–H and O–H groups in total. The van der Waals surface area contributed by atoms with Crippen LogP contribution in [-0.4, -0.2) is 50.0 Å². The molecule has 1 rings (SSSR count). The number of hydrogen-bond donors (Lipinski definition) is 1. The number of rotatable bonds is 9. The van der Waals surface area contributed by atoms with Crippen molar-refractivity contribution < 1.29 is 14.3 Å². The van der Waals surface area contributed by atoms with Crippen LogP contribution < -0.4 is 5.32 Å². The molecule has 5 nitrogen and oxygen atoms in total. The zero-order valence-corrected chi connectivity index (χ0v) is 18.5. The number of esters is 1. The lowest BCUT2D eigenvalue weighted by atomic mass is 10.0. The lowest BCUT2D eigenvalue weighted by Crippen LogP contribution is -2.39. The van der Waals surface area contributed by atoms with Gasteiger partial charge in [-0.2, -0.15) is 0 Å². The highest BCUT2D eigenvalue weighted by molar-refractivity contribution is 8.14. The molecular formula is C21H34N2O3S. The largest absolute Gasteiger partial charge is 0.465 e. The van der Waals surface area contributed by atoms with Gasteiger partial charge in [0.1, 0.15) is 0 Å². The number of thioether (sulfide) groups is 1. The monoisotopic (exact) mass is 394 g/mol. The summed E-state index contributed by atoms with van der Waals surface area (Å²) >= 11 is 1.54. The van der Waals surface area contributed by atoms with Gasteiger partial charge in [0.15, 0.2) is 0 Å². The Morgan fingerprint density at radius 3 is 2.44 bits per heavy atom. The molecule has 0 aliphatic heterocycles. The van der Waals surface area contributed by atoms with Crippen LogP contribution in [0, 0.1) is 5.92 Å². The van der Waals surface area contributed by atoms with Crippen LogP contribution >= 0.6 is 11.8 Å². The number of carbonyl (C=O) groups excluding carboxylic acids is 1. The molecule has 0 saturated heterocycles. The van der Waals surface area contributed by atoms with Crippen LogP contribution in [0.5, 0.6) is 0 Å². The molecule has 0 amide bonds. The maximum atomic E-state index is 12.2. The Kier molecular flexibility index (Phi) is 10.1. The van der Waals surface area contributed by atoms with Gasteiger partial charge in [-0.15, -0.1) is 0 Å². The van der Waals surface area contributed by atoms with E-state index < -0.39 is 0 Å². The molecule has 0 saturated carbocycles. The second-order valence-corrected chi connectivity index (χ2v) is 8.90. The third-order valence-electron chi connectivity index (χ3n) is 3.65. The van der Waals surface area contributed by atoms with Crippen molar-refractivity contribution >= 4 is 22.8 Å². The van der Waals surface area contributed by atoms with Crippen molar-refractivity contribution in [2.75, 3.05) is 27.4 Å². The minimum Gasteiger partial charge on any atom is -0.465 e. The number of nitrogens with one attached hydrogen (secondary N) is 1. The fraction of sp³-hybridized carbons (Fsp3) is 0.619. The molecule has 1 aromatic rings. The average Bonchev–Trinajstić information content (AvgIpc) is 2.59. The van der Waals surface area contributed by atoms with Crippen LogP contribution in [0.1, 0.15) is 51.4 Å². The first-order chi connectivity index (χ1) is 12.7. The quantitative estimate of drug-likeness (QED) is 0.221. The normalized spacial score (nSPS) is 13.7. The van der Waals surface area contributed by atoms with E-state index in [-0.39, 0.29) is 17.6 Å². The number of ether oxygens (including phenoxy) is 2. The van der Waals surface area contributed by atoms with Gasteiger partial charge in [0, 0.05) is 18.6 Å². The van der Waals surface area contributed by atoms with Crippen molar-refractivity contribution in [2.24, 2.45) is 10.9 Å². The first-order valence-corrected chi connectivity index (χ1v) is 10.2. The summed E-state index contributed by atoms with van der Waals surface area (Å²) in [6, 6.07) is 7.60. The van der Waals surface area contributed by atoms with Gasteiger partial charge in [-0.1, -0.05) is 37.7 Å². The van der Waals surface area contributed by atoms with Crippen molar-refractivity contribution in [1.29, 1.82) is 0 Å². The summed E-state index contributed by atoms with van der Waals surface area (Å²) in [7, 11) is 3.10. The van der Waals surface area contributed by atoms with Crippen LogP contribution in [0.3, 0.4) is 0 Å². The van der Waals surface area contributed by atoms with Gasteiger partial charge in [-0.3, -0.25) is 4.99 Å². The maximum Gasteiger partial charge on any atom is 0.339 e. The van der Waals surface area contributed by atoms with Crippen molar-refractivity contribution in [3.05, 3.63) is 29.8 Å². The lowest BCUT2D eigenvalue weighted by molar-refractivity contribution is 0.0597. The van der Waals surface area contributed by atoms with Gasteiger partial charge >= 0.3 is 5.97 Å². The zero-order chi connectivity index (χ0) is 20.4. The first-order valence-electron chi connectivity index (χ1n) is 9.35. The van der Waals surface area contributed by atoms with Crippen molar-refractivity contribution in [2.45, 2.75) is 57.5 Å². The van der Waals surface area contributed by atoms with E-state index in [0.717, 1.165) is 22.9 Å². The number of aliphatic imine (C=N–C) groups is 1. The predicted molar refractivity (Wildman–Crippen MR) is 114 cm³/mol. The molecule has 0 bridgehead atoms. The number of carbonyl (C=O) groups is 1. The molecular weight excluding hydrogens is 360 g/mol. The van der Waals surface area contributed by atoms with Gasteiger partial charge in [0.25, 0.3) is 0 Å². The predicted octanol–water partition coefficient (Wildman–Crippen LogP) is 4.41. The highest BCUT2D eigenvalue weighted by Crippen LogP contribution is 2.29. The minimum atomic E-state index is -0.332. The van der Waals surface area contributed by atoms with Crippen LogP contribution in [0.15, 0.2) is 34.2 Å². The minimum absolute atomic E-state index is 0.0927. The second kappa shape index (κ2) is 11.5. The topological polar surface area (TPSA) is 59.9 Å². The summed E-state index contributed by atoms with van der Waals surface area (Å²) in [5.41, 5.74) is 0.340. The summed E-state index contributed by atoms with van der Waals surface area (Å²) in [6.07, 6.45) is 0.950. The van der Waals surface area contributed by atoms with Crippen LogP contribution in [-0.2, 0) is 9.47 Å². The van der Waals surface area contributed by atoms with Crippen LogP contribution in [0.2, 0.25) is 0 Å². The Hall–Kier alpha value is -1.37. The summed E-state index contributed by atoms with van der Waals surface area (Å²) in [4.78, 5) is 18.0. The number of hydrogen-bond acceptors (Lipinski definition) is 6. The Balaban J connectivity index is 3.24. The van der Waals surface area contributed by atoms with E-state index in [1.165, 1.54) is 18.9 Å². The third kappa shape index (κ3) is 8.91. The molecule has 6 heteroatoms. The molecule has 1 unspecified atom stereocenters. The van der Waals surface area contributed by atoms with E-state index >= 15 is 0 Å². The highest BCUT2D eigenvalue weighted by atomic mass is 32.2. The van der Waals surface area contributed by atoms with Gasteiger partial charge in [-0.05, 0) is 45.2 Å². The molecule has 0 radical (unpaired) electrons. The number of benzene rings is 1. The molecule has 0 fully saturated rings. The summed E-state index contributed by atoms with van der Waals surface area (Å²) in [5, 5.41) is 4.54. The number of nitrogens with zero attached hydrogens (tertiary/aromatic N) is 1. The smallest absolute Gasteiger partial charge is 0.339 e. The molecule has 0 spiro atoms. The number of methoxy groups -OCH3 is 2. The Bertz CT molecular complexity index is 624. The Labute approximate surface area is 168 Å². The summed E-state index contributed by atoms with van der Waals surface area (Å²) in [5.74, 6) is 0.174. The fourth-order valence-electron chi connectivity index (χ4n) is 2.53. The van der Waals surface area contributed by atoms with Crippen LogP contribution in [0.4, 0.5) is 0 Å². The SMILES string of the molecule is COCCNC(CC(C)C)C(=NC(C)(C)C)Sc1ccccc1C(=O)OC. The van der Waals surface area contributed by atoms with E-state index in [9.17, 15) is 4.79 Å². The van der Waals surface area contributed by atoms with Crippen molar-refractivity contribution in [3.63, 3.8) is 0 Å². The average molecular weight is 395 g/mol. The molecule has 0 aliphatic carbocycles. The summed E-state index contributed by atoms with van der Waals surface area (Å²) in [6.45, 7) is 12.0. The van der Waals surface area contributed by atoms with Gasteiger partial charge in [0.05, 0.1) is 35.9 Å². The second-order valence-electron chi connectivity index (χ2n) is 7.84. The van der Waals surface area contributed by atoms with E-state index in [0.29, 0.717) is 18.1 Å². The van der Waals surface area contributed by atoms with Crippen LogP contribution in [0.25, 0.3) is 0 Å². The molecule has 0 heterocycles. The lowest BCUT2D eigenvalue weighted by Gasteiger charge is -2.26. The van der Waals surface area contributed by atoms with E-state index in [1.807, 2.05) is 18.2 Å². The molecule has 0 aromatic heterocycles. The first kappa shape index (κ1) is 23.7.